The highest BCUT2D eigenvalue weighted by atomic mass is 19.4. The number of aromatic carboxylic acids is 1. The fourth-order valence-electron chi connectivity index (χ4n) is 2.17. The summed E-state index contributed by atoms with van der Waals surface area (Å²) in [6.07, 6.45) is -4.55. The molecule has 1 N–H and O–H groups in total. The maximum absolute atomic E-state index is 12.7. The molecule has 0 atom stereocenters. The van der Waals surface area contributed by atoms with Crippen LogP contribution in [0.1, 0.15) is 22.2 Å². The average molecular weight is 302 g/mol. The molecule has 1 aliphatic heterocycles. The molecular formula is C11H9F3N4O3. The topological polar surface area (TPSA) is 84.4 Å². The van der Waals surface area contributed by atoms with Crippen molar-refractivity contribution in [3.05, 3.63) is 29.5 Å². The van der Waals surface area contributed by atoms with Crippen LogP contribution in [0.3, 0.4) is 0 Å². The molecule has 0 spiro atoms. The van der Waals surface area contributed by atoms with Crippen molar-refractivity contribution in [3.8, 4) is 0 Å². The summed E-state index contributed by atoms with van der Waals surface area (Å²) >= 11 is 0. The van der Waals surface area contributed by atoms with E-state index < -0.39 is 18.0 Å². The molecule has 0 unspecified atom stereocenters. The van der Waals surface area contributed by atoms with Crippen molar-refractivity contribution in [2.24, 2.45) is 0 Å². The van der Waals surface area contributed by atoms with Crippen LogP contribution in [-0.2, 0) is 19.3 Å². The molecule has 3 rings (SSSR count). The van der Waals surface area contributed by atoms with Gasteiger partial charge >= 0.3 is 12.1 Å². The number of carboxylic acid groups (broad SMARTS) is 1. The molecule has 0 amide bonds. The molecule has 2 aromatic heterocycles. The molecule has 0 saturated heterocycles. The zero-order chi connectivity index (χ0) is 15.2. The lowest BCUT2D eigenvalue weighted by Gasteiger charge is -2.27. The van der Waals surface area contributed by atoms with E-state index in [1.165, 1.54) is 12.1 Å². The minimum atomic E-state index is -4.55. The number of hydrogen-bond donors (Lipinski definition) is 1. The van der Waals surface area contributed by atoms with Gasteiger partial charge in [0.05, 0.1) is 6.54 Å². The van der Waals surface area contributed by atoms with E-state index in [2.05, 4.69) is 10.2 Å². The molecule has 3 heterocycles. The van der Waals surface area contributed by atoms with Gasteiger partial charge in [0.25, 0.3) is 0 Å². The Kier molecular flexibility index (Phi) is 2.88. The first-order chi connectivity index (χ1) is 9.86. The van der Waals surface area contributed by atoms with Crippen molar-refractivity contribution in [2.75, 3.05) is 11.4 Å². The van der Waals surface area contributed by atoms with Crippen LogP contribution < -0.4 is 4.90 Å². The largest absolute Gasteiger partial charge is 0.475 e. The van der Waals surface area contributed by atoms with E-state index in [0.29, 0.717) is 0 Å². The third kappa shape index (κ3) is 2.32. The highest BCUT2D eigenvalue weighted by Gasteiger charge is 2.39. The van der Waals surface area contributed by atoms with Gasteiger partial charge in [0.2, 0.25) is 11.6 Å². The van der Waals surface area contributed by atoms with E-state index >= 15 is 0 Å². The number of carboxylic acids is 1. The summed E-state index contributed by atoms with van der Waals surface area (Å²) < 4.78 is 44.2. The molecule has 0 radical (unpaired) electrons. The zero-order valence-corrected chi connectivity index (χ0v) is 10.5. The Morgan fingerprint density at radius 1 is 1.29 bits per heavy atom. The van der Waals surface area contributed by atoms with E-state index in [0.717, 1.165) is 4.57 Å². The van der Waals surface area contributed by atoms with E-state index in [-0.39, 0.29) is 37.1 Å². The summed E-state index contributed by atoms with van der Waals surface area (Å²) in [4.78, 5) is 12.4. The van der Waals surface area contributed by atoms with E-state index in [1.54, 1.807) is 4.90 Å². The molecular weight excluding hydrogens is 293 g/mol. The predicted octanol–water partition coefficient (Wildman–Crippen LogP) is 1.61. The van der Waals surface area contributed by atoms with Crippen LogP contribution in [0.2, 0.25) is 0 Å². The van der Waals surface area contributed by atoms with Gasteiger partial charge < -0.3 is 19.0 Å². The summed E-state index contributed by atoms with van der Waals surface area (Å²) in [5.41, 5.74) is 0. The summed E-state index contributed by atoms with van der Waals surface area (Å²) in [7, 11) is 0. The zero-order valence-electron chi connectivity index (χ0n) is 10.5. The number of aromatic nitrogens is 3. The van der Waals surface area contributed by atoms with E-state index in [9.17, 15) is 18.0 Å². The fourth-order valence-corrected chi connectivity index (χ4v) is 2.17. The molecule has 2 aromatic rings. The van der Waals surface area contributed by atoms with Gasteiger partial charge in [0, 0.05) is 19.2 Å². The van der Waals surface area contributed by atoms with Crippen LogP contribution in [0.15, 0.2) is 16.5 Å². The number of rotatable bonds is 2. The van der Waals surface area contributed by atoms with Gasteiger partial charge in [-0.25, -0.2) is 4.79 Å². The summed E-state index contributed by atoms with van der Waals surface area (Å²) in [6, 6.07) is 2.75. The molecule has 1 aliphatic rings. The summed E-state index contributed by atoms with van der Waals surface area (Å²) in [5, 5.41) is 15.5. The highest BCUT2D eigenvalue weighted by molar-refractivity contribution is 5.84. The number of nitrogens with zero attached hydrogens (tertiary/aromatic N) is 4. The number of hydrogen-bond acceptors (Lipinski definition) is 5. The predicted molar refractivity (Wildman–Crippen MR) is 61.7 cm³/mol. The highest BCUT2D eigenvalue weighted by Crippen LogP contribution is 2.30. The van der Waals surface area contributed by atoms with Gasteiger partial charge in [0.15, 0.2) is 11.7 Å². The van der Waals surface area contributed by atoms with Crippen LogP contribution in [0.4, 0.5) is 19.1 Å². The van der Waals surface area contributed by atoms with Crippen molar-refractivity contribution in [2.45, 2.75) is 19.3 Å². The second kappa shape index (κ2) is 4.50. The van der Waals surface area contributed by atoms with E-state index in [1.807, 2.05) is 0 Å². The van der Waals surface area contributed by atoms with Gasteiger partial charge in [-0.2, -0.15) is 13.2 Å². The third-order valence-electron chi connectivity index (χ3n) is 3.12. The number of anilines is 1. The number of alkyl halides is 3. The molecule has 0 saturated carbocycles. The van der Waals surface area contributed by atoms with Crippen molar-refractivity contribution in [1.29, 1.82) is 0 Å². The van der Waals surface area contributed by atoms with Gasteiger partial charge in [0.1, 0.15) is 0 Å². The van der Waals surface area contributed by atoms with Crippen molar-refractivity contribution in [1.82, 2.24) is 14.8 Å². The first-order valence-corrected chi connectivity index (χ1v) is 5.93. The second-order valence-corrected chi connectivity index (χ2v) is 4.45. The molecule has 7 nitrogen and oxygen atoms in total. The first-order valence-electron chi connectivity index (χ1n) is 5.93. The number of halogens is 3. The van der Waals surface area contributed by atoms with Gasteiger partial charge in [-0.15, -0.1) is 10.2 Å². The smallest absolute Gasteiger partial charge is 0.451 e. The average Bonchev–Trinajstić information content (AvgIpc) is 3.04. The second-order valence-electron chi connectivity index (χ2n) is 4.45. The molecule has 0 bridgehead atoms. The molecule has 0 fully saturated rings. The number of fused-ring (bicyclic) bond motifs is 1. The first kappa shape index (κ1) is 13.5. The van der Waals surface area contributed by atoms with E-state index in [4.69, 9.17) is 9.52 Å². The van der Waals surface area contributed by atoms with Gasteiger partial charge in [-0.1, -0.05) is 0 Å². The Morgan fingerprint density at radius 3 is 2.67 bits per heavy atom. The van der Waals surface area contributed by atoms with Crippen LogP contribution in [0, 0.1) is 0 Å². The standard InChI is InChI=1S/C11H9F3N4O3/c12-11(13,14)10-16-15-7-5-17(3-4-18(7)10)8-2-1-6(21-8)9(19)20/h1-2H,3-5H2,(H,19,20). The Balaban J connectivity index is 1.85. The van der Waals surface area contributed by atoms with Crippen molar-refractivity contribution < 1.29 is 27.5 Å². The van der Waals surface area contributed by atoms with Crippen LogP contribution in [0.5, 0.6) is 0 Å². The maximum Gasteiger partial charge on any atom is 0.451 e. The molecule has 0 aliphatic carbocycles. The summed E-state index contributed by atoms with van der Waals surface area (Å²) in [6.45, 7) is 0.344. The van der Waals surface area contributed by atoms with Crippen LogP contribution in [-0.4, -0.2) is 32.4 Å². The molecule has 21 heavy (non-hydrogen) atoms. The summed E-state index contributed by atoms with van der Waals surface area (Å²) in [5.74, 6) is -2.03. The fraction of sp³-hybridized carbons (Fsp3) is 0.364. The lowest BCUT2D eigenvalue weighted by atomic mass is 10.3. The third-order valence-corrected chi connectivity index (χ3v) is 3.12. The van der Waals surface area contributed by atoms with Crippen molar-refractivity contribution >= 4 is 11.9 Å². The monoisotopic (exact) mass is 302 g/mol. The minimum Gasteiger partial charge on any atom is -0.475 e. The van der Waals surface area contributed by atoms with Crippen LogP contribution in [0.25, 0.3) is 0 Å². The molecule has 112 valence electrons. The number of furan rings is 1. The van der Waals surface area contributed by atoms with Gasteiger partial charge in [-0.05, 0) is 6.07 Å². The Morgan fingerprint density at radius 2 is 2.05 bits per heavy atom. The SMILES string of the molecule is O=C(O)c1ccc(N2CCn3c(nnc3C(F)(F)F)C2)o1. The van der Waals surface area contributed by atoms with Gasteiger partial charge in [-0.3, -0.25) is 0 Å². The Labute approximate surface area is 115 Å². The lowest BCUT2D eigenvalue weighted by molar-refractivity contribution is -0.147. The lowest BCUT2D eigenvalue weighted by Crippen LogP contribution is -2.35. The molecule has 10 heteroatoms. The maximum atomic E-state index is 12.7. The quantitative estimate of drug-likeness (QED) is 0.907. The number of carbonyl (C=O) groups is 1. The van der Waals surface area contributed by atoms with Crippen molar-refractivity contribution in [3.63, 3.8) is 0 Å². The normalized spacial score (nSPS) is 15.1. The molecule has 0 aromatic carbocycles. The Hall–Kier alpha value is -2.52. The Bertz CT molecular complexity index is 691. The van der Waals surface area contributed by atoms with Crippen LogP contribution >= 0.6 is 0 Å². The minimum absolute atomic E-state index is 0.0419.